The molecule has 22 heavy (non-hydrogen) atoms. The number of H-pyrrole nitrogens is 1. The molecule has 3 aromatic rings. The molecule has 2 heterocycles. The maximum Gasteiger partial charge on any atom is 0.274 e. The standard InChI is InChI=1S/C15H13ClN4O2/c1-9-4-5-10(7-12(9)16)17-15-18-14(21)13(19-20-15)8-11-3-2-6-22-11/h2-7H,8H2,1H3,(H2,17,18,20,21). The van der Waals surface area contributed by atoms with E-state index >= 15 is 0 Å². The van der Waals surface area contributed by atoms with Crippen molar-refractivity contribution in [2.45, 2.75) is 13.3 Å². The van der Waals surface area contributed by atoms with Crippen LogP contribution in [0.5, 0.6) is 0 Å². The highest BCUT2D eigenvalue weighted by Gasteiger charge is 2.08. The van der Waals surface area contributed by atoms with Crippen LogP contribution in [0.25, 0.3) is 0 Å². The zero-order valence-electron chi connectivity index (χ0n) is 11.8. The topological polar surface area (TPSA) is 83.8 Å². The monoisotopic (exact) mass is 316 g/mol. The second-order valence-corrected chi connectivity index (χ2v) is 5.20. The molecule has 0 atom stereocenters. The zero-order chi connectivity index (χ0) is 15.5. The van der Waals surface area contributed by atoms with Gasteiger partial charge in [-0.25, -0.2) is 0 Å². The summed E-state index contributed by atoms with van der Waals surface area (Å²) in [6.07, 6.45) is 1.85. The molecule has 112 valence electrons. The lowest BCUT2D eigenvalue weighted by Crippen LogP contribution is -2.18. The van der Waals surface area contributed by atoms with Crippen molar-refractivity contribution in [3.63, 3.8) is 0 Å². The summed E-state index contributed by atoms with van der Waals surface area (Å²) in [5, 5.41) is 11.5. The molecule has 0 bridgehead atoms. The Hall–Kier alpha value is -2.60. The molecule has 0 aliphatic rings. The van der Waals surface area contributed by atoms with Crippen molar-refractivity contribution >= 4 is 23.2 Å². The average molecular weight is 317 g/mol. The highest BCUT2D eigenvalue weighted by Crippen LogP contribution is 2.21. The Morgan fingerprint density at radius 1 is 1.32 bits per heavy atom. The van der Waals surface area contributed by atoms with Gasteiger partial charge in [0.25, 0.3) is 5.56 Å². The summed E-state index contributed by atoms with van der Waals surface area (Å²) in [4.78, 5) is 14.7. The first-order valence-corrected chi connectivity index (χ1v) is 7.01. The van der Waals surface area contributed by atoms with E-state index < -0.39 is 0 Å². The summed E-state index contributed by atoms with van der Waals surface area (Å²) >= 11 is 6.06. The van der Waals surface area contributed by atoms with E-state index in [9.17, 15) is 4.79 Å². The third-order valence-corrected chi connectivity index (χ3v) is 3.53. The minimum absolute atomic E-state index is 0.258. The highest BCUT2D eigenvalue weighted by molar-refractivity contribution is 6.31. The van der Waals surface area contributed by atoms with Crippen molar-refractivity contribution in [1.29, 1.82) is 0 Å². The van der Waals surface area contributed by atoms with Crippen LogP contribution in [0.1, 0.15) is 17.0 Å². The van der Waals surface area contributed by atoms with Gasteiger partial charge >= 0.3 is 0 Å². The Morgan fingerprint density at radius 3 is 2.86 bits per heavy atom. The quantitative estimate of drug-likeness (QED) is 0.773. The predicted octanol–water partition coefficient (Wildman–Crippen LogP) is 3.05. The smallest absolute Gasteiger partial charge is 0.274 e. The molecule has 3 rings (SSSR count). The third kappa shape index (κ3) is 3.17. The highest BCUT2D eigenvalue weighted by atomic mass is 35.5. The van der Waals surface area contributed by atoms with Gasteiger partial charge in [-0.05, 0) is 36.8 Å². The first kappa shape index (κ1) is 14.3. The number of hydrogen-bond donors (Lipinski definition) is 2. The Labute approximate surface area is 131 Å². The molecular formula is C15H13ClN4O2. The van der Waals surface area contributed by atoms with E-state index in [1.807, 2.05) is 19.1 Å². The van der Waals surface area contributed by atoms with E-state index in [4.69, 9.17) is 16.0 Å². The Kier molecular flexibility index (Phi) is 3.93. The van der Waals surface area contributed by atoms with E-state index in [-0.39, 0.29) is 11.5 Å². The molecule has 0 radical (unpaired) electrons. The number of hydrogen-bond acceptors (Lipinski definition) is 5. The largest absolute Gasteiger partial charge is 0.469 e. The molecule has 0 aliphatic carbocycles. The number of rotatable bonds is 4. The van der Waals surface area contributed by atoms with Gasteiger partial charge in [-0.1, -0.05) is 17.7 Å². The van der Waals surface area contributed by atoms with E-state index in [1.54, 1.807) is 24.5 Å². The minimum Gasteiger partial charge on any atom is -0.469 e. The van der Waals surface area contributed by atoms with Gasteiger partial charge in [0.2, 0.25) is 5.95 Å². The van der Waals surface area contributed by atoms with E-state index in [1.165, 1.54) is 0 Å². The fraction of sp³-hybridized carbons (Fsp3) is 0.133. The summed E-state index contributed by atoms with van der Waals surface area (Å²) in [7, 11) is 0. The maximum absolute atomic E-state index is 12.0. The van der Waals surface area contributed by atoms with Crippen molar-refractivity contribution in [3.8, 4) is 0 Å². The van der Waals surface area contributed by atoms with Crippen LogP contribution < -0.4 is 10.9 Å². The summed E-state index contributed by atoms with van der Waals surface area (Å²) in [5.74, 6) is 0.916. The molecule has 2 aromatic heterocycles. The lowest BCUT2D eigenvalue weighted by molar-refractivity contribution is 0.517. The molecule has 0 saturated heterocycles. The van der Waals surface area contributed by atoms with Crippen LogP contribution in [-0.4, -0.2) is 15.2 Å². The normalized spacial score (nSPS) is 10.6. The van der Waals surface area contributed by atoms with Gasteiger partial charge < -0.3 is 9.73 Å². The van der Waals surface area contributed by atoms with Gasteiger partial charge in [0.05, 0.1) is 12.7 Å². The molecule has 0 spiro atoms. The van der Waals surface area contributed by atoms with E-state index in [0.717, 1.165) is 11.3 Å². The van der Waals surface area contributed by atoms with Crippen molar-refractivity contribution < 1.29 is 4.42 Å². The number of aromatic nitrogens is 3. The molecular weight excluding hydrogens is 304 g/mol. The summed E-state index contributed by atoms with van der Waals surface area (Å²) < 4.78 is 5.19. The Bertz CT molecular complexity index is 843. The third-order valence-electron chi connectivity index (χ3n) is 3.12. The zero-order valence-corrected chi connectivity index (χ0v) is 12.5. The van der Waals surface area contributed by atoms with Crippen LogP contribution in [0.15, 0.2) is 45.8 Å². The fourth-order valence-corrected chi connectivity index (χ4v) is 2.10. The van der Waals surface area contributed by atoms with Gasteiger partial charge in [-0.3, -0.25) is 9.78 Å². The average Bonchev–Trinajstić information content (AvgIpc) is 2.99. The summed E-state index contributed by atoms with van der Waals surface area (Å²) in [5.41, 5.74) is 1.68. The number of aromatic amines is 1. The Morgan fingerprint density at radius 2 is 2.18 bits per heavy atom. The number of aryl methyl sites for hydroxylation is 1. The number of benzene rings is 1. The molecule has 0 unspecified atom stereocenters. The van der Waals surface area contributed by atoms with Crippen LogP contribution in [0.2, 0.25) is 5.02 Å². The lowest BCUT2D eigenvalue weighted by Gasteiger charge is -2.06. The molecule has 0 aliphatic heterocycles. The summed E-state index contributed by atoms with van der Waals surface area (Å²) in [6.45, 7) is 1.91. The number of anilines is 2. The van der Waals surface area contributed by atoms with Crippen molar-refractivity contribution in [2.75, 3.05) is 5.32 Å². The molecule has 2 N–H and O–H groups in total. The second kappa shape index (κ2) is 6.03. The van der Waals surface area contributed by atoms with Gasteiger partial charge in [0.15, 0.2) is 0 Å². The number of nitrogens with one attached hydrogen (secondary N) is 2. The van der Waals surface area contributed by atoms with Crippen LogP contribution >= 0.6 is 11.6 Å². The SMILES string of the molecule is Cc1ccc(Nc2nnc(Cc3ccco3)c(=O)[nH]2)cc1Cl. The summed E-state index contributed by atoms with van der Waals surface area (Å²) in [6, 6.07) is 9.02. The molecule has 1 aromatic carbocycles. The minimum atomic E-state index is -0.313. The van der Waals surface area contributed by atoms with Crippen molar-refractivity contribution in [1.82, 2.24) is 15.2 Å². The van der Waals surface area contributed by atoms with Crippen LogP contribution in [0, 0.1) is 6.92 Å². The van der Waals surface area contributed by atoms with Gasteiger partial charge in [0, 0.05) is 10.7 Å². The number of halogens is 1. The van der Waals surface area contributed by atoms with E-state index in [2.05, 4.69) is 20.5 Å². The van der Waals surface area contributed by atoms with Crippen LogP contribution in [0.3, 0.4) is 0 Å². The Balaban J connectivity index is 1.79. The van der Waals surface area contributed by atoms with Gasteiger partial charge in [-0.15, -0.1) is 10.2 Å². The lowest BCUT2D eigenvalue weighted by atomic mass is 10.2. The maximum atomic E-state index is 12.0. The first-order valence-electron chi connectivity index (χ1n) is 6.63. The number of nitrogens with zero attached hydrogens (tertiary/aromatic N) is 2. The predicted molar refractivity (Wildman–Crippen MR) is 83.6 cm³/mol. The molecule has 0 saturated carbocycles. The van der Waals surface area contributed by atoms with Crippen LogP contribution in [-0.2, 0) is 6.42 Å². The molecule has 6 nitrogen and oxygen atoms in total. The molecule has 7 heteroatoms. The van der Waals surface area contributed by atoms with Gasteiger partial charge in [0.1, 0.15) is 11.5 Å². The van der Waals surface area contributed by atoms with Gasteiger partial charge in [-0.2, -0.15) is 0 Å². The van der Waals surface area contributed by atoms with Crippen molar-refractivity contribution in [3.05, 3.63) is 69.0 Å². The van der Waals surface area contributed by atoms with E-state index in [0.29, 0.717) is 22.9 Å². The number of furan rings is 1. The van der Waals surface area contributed by atoms with Crippen LogP contribution in [0.4, 0.5) is 11.6 Å². The second-order valence-electron chi connectivity index (χ2n) is 4.79. The first-order chi connectivity index (χ1) is 10.6. The van der Waals surface area contributed by atoms with Crippen molar-refractivity contribution in [2.24, 2.45) is 0 Å². The fourth-order valence-electron chi connectivity index (χ4n) is 1.92. The molecule has 0 fully saturated rings. The molecule has 0 amide bonds.